The summed E-state index contributed by atoms with van der Waals surface area (Å²) in [5.74, 6) is -0.787. The van der Waals surface area contributed by atoms with E-state index in [0.717, 1.165) is 25.3 Å². The number of halogens is 1. The molecule has 0 bridgehead atoms. The van der Waals surface area contributed by atoms with E-state index >= 15 is 0 Å². The van der Waals surface area contributed by atoms with Gasteiger partial charge in [0.25, 0.3) is 10.0 Å². The highest BCUT2D eigenvalue weighted by atomic mass is 32.2. The summed E-state index contributed by atoms with van der Waals surface area (Å²) in [6.07, 6.45) is 3.94. The van der Waals surface area contributed by atoms with Crippen LogP contribution in [0.5, 0.6) is 0 Å². The minimum atomic E-state index is -3.79. The molecule has 17 heavy (non-hydrogen) atoms. The van der Waals surface area contributed by atoms with E-state index in [2.05, 4.69) is 4.98 Å². The second-order valence-corrected chi connectivity index (χ2v) is 6.06. The van der Waals surface area contributed by atoms with Gasteiger partial charge in [-0.05, 0) is 31.9 Å². The highest BCUT2D eigenvalue weighted by Crippen LogP contribution is 2.24. The van der Waals surface area contributed by atoms with Crippen LogP contribution in [0.15, 0.2) is 23.4 Å². The molecule has 6 heteroatoms. The summed E-state index contributed by atoms with van der Waals surface area (Å²) in [6.45, 7) is 2.29. The van der Waals surface area contributed by atoms with Crippen molar-refractivity contribution in [2.45, 2.75) is 37.3 Å². The molecule has 0 aliphatic carbocycles. The van der Waals surface area contributed by atoms with Gasteiger partial charge in [-0.2, -0.15) is 4.31 Å². The summed E-state index contributed by atoms with van der Waals surface area (Å²) < 4.78 is 39.3. The smallest absolute Gasteiger partial charge is 0.241 e. The SMILES string of the molecule is CC1CCCCN1S(=O)(=O)c1ncccc1F. The molecule has 1 saturated heterocycles. The number of pyridine rings is 1. The van der Waals surface area contributed by atoms with Crippen molar-refractivity contribution in [2.75, 3.05) is 6.54 Å². The molecule has 0 aromatic carbocycles. The van der Waals surface area contributed by atoms with Crippen LogP contribution >= 0.6 is 0 Å². The quantitative estimate of drug-likeness (QED) is 0.812. The van der Waals surface area contributed by atoms with Crippen LogP contribution in [0.2, 0.25) is 0 Å². The first kappa shape index (κ1) is 12.4. The van der Waals surface area contributed by atoms with Gasteiger partial charge < -0.3 is 0 Å². The number of rotatable bonds is 2. The van der Waals surface area contributed by atoms with Crippen LogP contribution in [0.25, 0.3) is 0 Å². The number of sulfonamides is 1. The standard InChI is InChI=1S/C11H15FN2O2S/c1-9-5-2-3-8-14(9)17(15,16)11-10(12)6-4-7-13-11/h4,6-7,9H,2-3,5,8H2,1H3. The molecule has 1 atom stereocenters. The summed E-state index contributed by atoms with van der Waals surface area (Å²) in [5, 5.41) is -0.464. The number of hydrogen-bond acceptors (Lipinski definition) is 3. The first-order valence-electron chi connectivity index (χ1n) is 5.66. The molecular weight excluding hydrogens is 243 g/mol. The summed E-state index contributed by atoms with van der Waals surface area (Å²) in [4.78, 5) is 3.65. The normalized spacial score (nSPS) is 22.6. The maximum absolute atomic E-state index is 13.5. The summed E-state index contributed by atoms with van der Waals surface area (Å²) in [6, 6.07) is 2.41. The topological polar surface area (TPSA) is 50.3 Å². The van der Waals surface area contributed by atoms with Gasteiger partial charge in [0.2, 0.25) is 5.03 Å². The number of aromatic nitrogens is 1. The van der Waals surface area contributed by atoms with Gasteiger partial charge in [0.05, 0.1) is 0 Å². The van der Waals surface area contributed by atoms with Crippen LogP contribution in [0.3, 0.4) is 0 Å². The van der Waals surface area contributed by atoms with Crippen molar-refractivity contribution in [2.24, 2.45) is 0 Å². The van der Waals surface area contributed by atoms with Gasteiger partial charge in [0, 0.05) is 18.8 Å². The Morgan fingerprint density at radius 2 is 2.24 bits per heavy atom. The third kappa shape index (κ3) is 2.32. The predicted octanol–water partition coefficient (Wildman–Crippen LogP) is 1.78. The summed E-state index contributed by atoms with van der Waals surface area (Å²) >= 11 is 0. The third-order valence-electron chi connectivity index (χ3n) is 3.02. The Balaban J connectivity index is 2.39. The van der Waals surface area contributed by atoms with E-state index in [1.54, 1.807) is 0 Å². The Morgan fingerprint density at radius 3 is 2.88 bits per heavy atom. The van der Waals surface area contributed by atoms with Crippen molar-refractivity contribution in [3.05, 3.63) is 24.1 Å². The summed E-state index contributed by atoms with van der Waals surface area (Å²) in [5.41, 5.74) is 0. The van der Waals surface area contributed by atoms with Crippen LogP contribution in [0.4, 0.5) is 4.39 Å². The van der Waals surface area contributed by atoms with Crippen LogP contribution < -0.4 is 0 Å². The monoisotopic (exact) mass is 258 g/mol. The van der Waals surface area contributed by atoms with Crippen molar-refractivity contribution < 1.29 is 12.8 Å². The fraction of sp³-hybridized carbons (Fsp3) is 0.545. The lowest BCUT2D eigenvalue weighted by molar-refractivity contribution is 0.267. The average Bonchev–Trinajstić information content (AvgIpc) is 2.29. The lowest BCUT2D eigenvalue weighted by Gasteiger charge is -2.31. The fourth-order valence-electron chi connectivity index (χ4n) is 2.10. The molecule has 1 aromatic heterocycles. The van der Waals surface area contributed by atoms with Crippen molar-refractivity contribution in [3.63, 3.8) is 0 Å². The average molecular weight is 258 g/mol. The van der Waals surface area contributed by atoms with Gasteiger partial charge in [0.1, 0.15) is 0 Å². The molecular formula is C11H15FN2O2S. The van der Waals surface area contributed by atoms with E-state index in [4.69, 9.17) is 0 Å². The zero-order valence-electron chi connectivity index (χ0n) is 9.63. The maximum atomic E-state index is 13.5. The van der Waals surface area contributed by atoms with Gasteiger partial charge >= 0.3 is 0 Å². The number of nitrogens with zero attached hydrogens (tertiary/aromatic N) is 2. The first-order valence-corrected chi connectivity index (χ1v) is 7.10. The van der Waals surface area contributed by atoms with E-state index in [1.807, 2.05) is 6.92 Å². The summed E-state index contributed by atoms with van der Waals surface area (Å²) in [7, 11) is -3.79. The molecule has 0 N–H and O–H groups in total. The molecule has 4 nitrogen and oxygen atoms in total. The minimum absolute atomic E-state index is 0.0878. The van der Waals surface area contributed by atoms with E-state index in [-0.39, 0.29) is 6.04 Å². The van der Waals surface area contributed by atoms with Crippen molar-refractivity contribution in [1.29, 1.82) is 0 Å². The van der Waals surface area contributed by atoms with Crippen molar-refractivity contribution in [3.8, 4) is 0 Å². The Labute approximate surface area is 101 Å². The maximum Gasteiger partial charge on any atom is 0.263 e. The Morgan fingerprint density at radius 1 is 1.47 bits per heavy atom. The van der Waals surface area contributed by atoms with Gasteiger partial charge in [-0.1, -0.05) is 6.42 Å². The van der Waals surface area contributed by atoms with Crippen molar-refractivity contribution in [1.82, 2.24) is 9.29 Å². The lowest BCUT2D eigenvalue weighted by atomic mass is 10.1. The molecule has 0 radical (unpaired) electrons. The zero-order valence-corrected chi connectivity index (χ0v) is 10.5. The molecule has 0 amide bonds. The van der Waals surface area contributed by atoms with Crippen LogP contribution in [-0.4, -0.2) is 30.3 Å². The van der Waals surface area contributed by atoms with E-state index in [0.29, 0.717) is 6.54 Å². The van der Waals surface area contributed by atoms with Gasteiger partial charge in [-0.3, -0.25) is 0 Å². The molecule has 94 valence electrons. The molecule has 1 aliphatic rings. The molecule has 2 heterocycles. The highest BCUT2D eigenvalue weighted by Gasteiger charge is 2.33. The second-order valence-electron chi connectivity index (χ2n) is 4.25. The molecule has 1 aliphatic heterocycles. The molecule has 1 aromatic rings. The lowest BCUT2D eigenvalue weighted by Crippen LogP contribution is -2.42. The largest absolute Gasteiger partial charge is 0.263 e. The molecule has 1 fully saturated rings. The number of hydrogen-bond donors (Lipinski definition) is 0. The second kappa shape index (κ2) is 4.70. The molecule has 0 spiro atoms. The number of piperidine rings is 1. The minimum Gasteiger partial charge on any atom is -0.241 e. The van der Waals surface area contributed by atoms with Crippen LogP contribution in [0, 0.1) is 5.82 Å². The zero-order chi connectivity index (χ0) is 12.5. The Hall–Kier alpha value is -1.01. The molecule has 2 rings (SSSR count). The first-order chi connectivity index (χ1) is 8.03. The highest BCUT2D eigenvalue weighted by molar-refractivity contribution is 7.89. The molecule has 0 saturated carbocycles. The Bertz CT molecular complexity index is 504. The third-order valence-corrected chi connectivity index (χ3v) is 4.97. The van der Waals surface area contributed by atoms with Crippen molar-refractivity contribution >= 4 is 10.0 Å². The Kier molecular flexibility index (Phi) is 3.44. The van der Waals surface area contributed by atoms with Crippen LogP contribution in [-0.2, 0) is 10.0 Å². The van der Waals surface area contributed by atoms with E-state index in [1.165, 1.54) is 16.6 Å². The van der Waals surface area contributed by atoms with Crippen LogP contribution in [0.1, 0.15) is 26.2 Å². The fourth-order valence-corrected chi connectivity index (χ4v) is 3.78. The predicted molar refractivity (Wildman–Crippen MR) is 61.4 cm³/mol. The van der Waals surface area contributed by atoms with Gasteiger partial charge in [0.15, 0.2) is 5.82 Å². The molecule has 1 unspecified atom stereocenters. The van der Waals surface area contributed by atoms with E-state index in [9.17, 15) is 12.8 Å². The van der Waals surface area contributed by atoms with Gasteiger partial charge in [-0.25, -0.2) is 17.8 Å². The van der Waals surface area contributed by atoms with Gasteiger partial charge in [-0.15, -0.1) is 0 Å². The van der Waals surface area contributed by atoms with E-state index < -0.39 is 20.9 Å².